The minimum absolute atomic E-state index is 0.0311. The molecule has 0 bridgehead atoms. The van der Waals surface area contributed by atoms with Crippen molar-refractivity contribution in [1.82, 2.24) is 15.1 Å². The molecule has 8 heteroatoms. The maximum atomic E-state index is 12.7. The van der Waals surface area contributed by atoms with Crippen LogP contribution in [0, 0.1) is 0 Å². The van der Waals surface area contributed by atoms with E-state index in [0.717, 1.165) is 6.42 Å². The van der Waals surface area contributed by atoms with Crippen molar-refractivity contribution in [2.24, 2.45) is 0 Å². The number of nitrogens with one attached hydrogen (secondary N) is 2. The van der Waals surface area contributed by atoms with Crippen LogP contribution in [-0.2, 0) is 14.4 Å². The number of rotatable bonds is 9. The van der Waals surface area contributed by atoms with Crippen molar-refractivity contribution >= 4 is 23.4 Å². The van der Waals surface area contributed by atoms with E-state index in [1.165, 1.54) is 4.90 Å². The van der Waals surface area contributed by atoms with Gasteiger partial charge in [0, 0.05) is 25.3 Å². The van der Waals surface area contributed by atoms with E-state index in [-0.39, 0.29) is 37.3 Å². The first kappa shape index (κ1) is 20.9. The van der Waals surface area contributed by atoms with E-state index in [1.807, 2.05) is 30.0 Å². The highest BCUT2D eigenvalue weighted by atomic mass is 16.3. The van der Waals surface area contributed by atoms with Crippen LogP contribution < -0.4 is 10.6 Å². The number of carbonyl (C=O) groups excluding carboxylic acids is 3. The lowest BCUT2D eigenvalue weighted by Crippen LogP contribution is -2.59. The number of carbonyl (C=O) groups is 3. The Morgan fingerprint density at radius 1 is 1.30 bits per heavy atom. The smallest absolute Gasteiger partial charge is 0.243 e. The van der Waals surface area contributed by atoms with Crippen LogP contribution in [0.15, 0.2) is 30.3 Å². The number of amides is 3. The van der Waals surface area contributed by atoms with Crippen LogP contribution in [0.1, 0.15) is 19.8 Å². The first-order chi connectivity index (χ1) is 13.0. The molecule has 2 rings (SSSR count). The number of hydrogen-bond acceptors (Lipinski definition) is 5. The Balaban J connectivity index is 2.01. The maximum absolute atomic E-state index is 12.7. The molecular formula is C19H28N4O4. The molecule has 0 aromatic heterocycles. The van der Waals surface area contributed by atoms with Gasteiger partial charge in [0.05, 0.1) is 19.6 Å². The van der Waals surface area contributed by atoms with Crippen molar-refractivity contribution in [3.05, 3.63) is 30.3 Å². The standard InChI is InChI=1S/C19H28N4O4/c1-2-9-22(11-12-24)14-18(26)23-10-8-20-19(27)16(23)13-17(25)21-15-6-4-3-5-7-15/h3-7,16,24H,2,8-14H2,1H3,(H,20,27)(H,21,25)/t16-/m1/s1. The zero-order chi connectivity index (χ0) is 19.6. The molecule has 148 valence electrons. The summed E-state index contributed by atoms with van der Waals surface area (Å²) in [5, 5.41) is 14.6. The van der Waals surface area contributed by atoms with Crippen LogP contribution in [0.25, 0.3) is 0 Å². The first-order valence-corrected chi connectivity index (χ1v) is 9.30. The summed E-state index contributed by atoms with van der Waals surface area (Å²) in [6.45, 7) is 3.92. The summed E-state index contributed by atoms with van der Waals surface area (Å²) < 4.78 is 0. The third-order valence-electron chi connectivity index (χ3n) is 4.40. The second-order valence-corrected chi connectivity index (χ2v) is 6.51. The average molecular weight is 376 g/mol. The highest BCUT2D eigenvalue weighted by Gasteiger charge is 2.35. The van der Waals surface area contributed by atoms with Gasteiger partial charge in [-0.3, -0.25) is 19.3 Å². The van der Waals surface area contributed by atoms with Crippen molar-refractivity contribution < 1.29 is 19.5 Å². The van der Waals surface area contributed by atoms with Crippen LogP contribution in [-0.4, -0.2) is 78.0 Å². The second kappa shape index (κ2) is 10.6. The highest BCUT2D eigenvalue weighted by molar-refractivity contribution is 5.97. The van der Waals surface area contributed by atoms with E-state index < -0.39 is 6.04 Å². The number of para-hydroxylation sites is 1. The summed E-state index contributed by atoms with van der Waals surface area (Å²) in [5.41, 5.74) is 0.647. The van der Waals surface area contributed by atoms with E-state index in [2.05, 4.69) is 10.6 Å². The number of benzene rings is 1. The fourth-order valence-electron chi connectivity index (χ4n) is 3.13. The molecule has 1 aliphatic rings. The van der Waals surface area contributed by atoms with E-state index in [9.17, 15) is 14.4 Å². The Morgan fingerprint density at radius 3 is 2.70 bits per heavy atom. The first-order valence-electron chi connectivity index (χ1n) is 9.30. The van der Waals surface area contributed by atoms with E-state index >= 15 is 0 Å². The molecule has 1 fully saturated rings. The van der Waals surface area contributed by atoms with Crippen molar-refractivity contribution in [3.63, 3.8) is 0 Å². The summed E-state index contributed by atoms with van der Waals surface area (Å²) in [6.07, 6.45) is 0.761. The largest absolute Gasteiger partial charge is 0.395 e. The number of hydrogen-bond donors (Lipinski definition) is 3. The van der Waals surface area contributed by atoms with Gasteiger partial charge in [0.15, 0.2) is 0 Å². The number of anilines is 1. The quantitative estimate of drug-likeness (QED) is 0.565. The fourth-order valence-corrected chi connectivity index (χ4v) is 3.13. The van der Waals surface area contributed by atoms with Crippen molar-refractivity contribution in [3.8, 4) is 0 Å². The summed E-state index contributed by atoms with van der Waals surface area (Å²) in [6, 6.07) is 8.16. The molecule has 1 saturated heterocycles. The van der Waals surface area contributed by atoms with Gasteiger partial charge in [-0.2, -0.15) is 0 Å². The summed E-state index contributed by atoms with van der Waals surface area (Å²) >= 11 is 0. The van der Waals surface area contributed by atoms with Gasteiger partial charge in [0.2, 0.25) is 17.7 Å². The lowest BCUT2D eigenvalue weighted by atomic mass is 10.1. The van der Waals surface area contributed by atoms with Gasteiger partial charge in [-0.05, 0) is 25.1 Å². The van der Waals surface area contributed by atoms with E-state index in [1.54, 1.807) is 12.1 Å². The Morgan fingerprint density at radius 2 is 2.04 bits per heavy atom. The second-order valence-electron chi connectivity index (χ2n) is 6.51. The van der Waals surface area contributed by atoms with Gasteiger partial charge in [-0.25, -0.2) is 0 Å². The molecule has 27 heavy (non-hydrogen) atoms. The van der Waals surface area contributed by atoms with Gasteiger partial charge in [-0.15, -0.1) is 0 Å². The number of aliphatic hydroxyl groups excluding tert-OH is 1. The van der Waals surface area contributed by atoms with E-state index in [4.69, 9.17) is 5.11 Å². The van der Waals surface area contributed by atoms with Gasteiger partial charge in [-0.1, -0.05) is 25.1 Å². The molecule has 0 spiro atoms. The topological polar surface area (TPSA) is 102 Å². The number of nitrogens with zero attached hydrogens (tertiary/aromatic N) is 2. The predicted octanol–water partition coefficient (Wildman–Crippen LogP) is 0.0465. The molecule has 1 aromatic carbocycles. The van der Waals surface area contributed by atoms with Gasteiger partial charge in [0.25, 0.3) is 0 Å². The molecule has 1 aliphatic heterocycles. The zero-order valence-electron chi connectivity index (χ0n) is 15.7. The molecule has 0 radical (unpaired) electrons. The fraction of sp³-hybridized carbons (Fsp3) is 0.526. The Labute approximate surface area is 159 Å². The lowest BCUT2D eigenvalue weighted by Gasteiger charge is -2.36. The van der Waals surface area contributed by atoms with Gasteiger partial charge in [0.1, 0.15) is 6.04 Å². The van der Waals surface area contributed by atoms with Crippen molar-refractivity contribution in [1.29, 1.82) is 0 Å². The third kappa shape index (κ3) is 6.33. The molecule has 0 unspecified atom stereocenters. The highest BCUT2D eigenvalue weighted by Crippen LogP contribution is 2.13. The Kier molecular flexibility index (Phi) is 8.22. The lowest BCUT2D eigenvalue weighted by molar-refractivity contribution is -0.145. The van der Waals surface area contributed by atoms with E-state index in [0.29, 0.717) is 31.9 Å². The molecule has 0 saturated carbocycles. The van der Waals surface area contributed by atoms with Crippen LogP contribution in [0.4, 0.5) is 5.69 Å². The molecule has 8 nitrogen and oxygen atoms in total. The van der Waals surface area contributed by atoms with Crippen molar-refractivity contribution in [2.45, 2.75) is 25.8 Å². The van der Waals surface area contributed by atoms with Crippen LogP contribution in [0.2, 0.25) is 0 Å². The monoisotopic (exact) mass is 376 g/mol. The Bertz CT molecular complexity index is 632. The average Bonchev–Trinajstić information content (AvgIpc) is 2.64. The van der Waals surface area contributed by atoms with Crippen LogP contribution >= 0.6 is 0 Å². The Hall–Kier alpha value is -2.45. The third-order valence-corrected chi connectivity index (χ3v) is 4.40. The summed E-state index contributed by atoms with van der Waals surface area (Å²) in [4.78, 5) is 40.7. The zero-order valence-corrected chi connectivity index (χ0v) is 15.7. The van der Waals surface area contributed by atoms with Gasteiger partial charge >= 0.3 is 0 Å². The molecule has 1 atom stereocenters. The molecular weight excluding hydrogens is 348 g/mol. The number of aliphatic hydroxyl groups is 1. The van der Waals surface area contributed by atoms with Gasteiger partial charge < -0.3 is 20.6 Å². The molecule has 1 aromatic rings. The summed E-state index contributed by atoms with van der Waals surface area (Å²) in [5.74, 6) is -0.840. The maximum Gasteiger partial charge on any atom is 0.243 e. The molecule has 3 N–H and O–H groups in total. The molecule has 3 amide bonds. The molecule has 0 aliphatic carbocycles. The number of piperazine rings is 1. The molecule has 1 heterocycles. The summed E-state index contributed by atoms with van der Waals surface area (Å²) in [7, 11) is 0. The normalized spacial score (nSPS) is 16.9. The SMILES string of the molecule is CCCN(CCO)CC(=O)N1CCNC(=O)[C@H]1CC(=O)Nc1ccccc1. The van der Waals surface area contributed by atoms with Crippen molar-refractivity contribution in [2.75, 3.05) is 44.6 Å². The predicted molar refractivity (Wildman–Crippen MR) is 102 cm³/mol. The minimum Gasteiger partial charge on any atom is -0.395 e. The van der Waals surface area contributed by atoms with Crippen LogP contribution in [0.5, 0.6) is 0 Å². The minimum atomic E-state index is -0.826. The van der Waals surface area contributed by atoms with Crippen LogP contribution in [0.3, 0.4) is 0 Å².